The van der Waals surface area contributed by atoms with Crippen LogP contribution in [-0.2, 0) is 10.0 Å². The molecule has 2 aromatic carbocycles. The van der Waals surface area contributed by atoms with E-state index in [-0.39, 0.29) is 0 Å². The standard InChI is InChI=1S/C19H21N3O2S/c1-15-4-2-5-16(14-15)25(23,24)22-11-8-17-18(6-3-7-19(17)22)21-12-9-20-10-13-21/h2-8,11,14,20H,9-10,12-13H2,1H3. The summed E-state index contributed by atoms with van der Waals surface area (Å²) in [6.45, 7) is 5.64. The van der Waals surface area contributed by atoms with E-state index in [2.05, 4.69) is 16.3 Å². The summed E-state index contributed by atoms with van der Waals surface area (Å²) >= 11 is 0. The van der Waals surface area contributed by atoms with Crippen LogP contribution in [-0.4, -0.2) is 38.6 Å². The Bertz CT molecular complexity index is 1020. The summed E-state index contributed by atoms with van der Waals surface area (Å²) in [5.41, 5.74) is 2.74. The number of hydrogen-bond acceptors (Lipinski definition) is 4. The predicted molar refractivity (Wildman–Crippen MR) is 101 cm³/mol. The van der Waals surface area contributed by atoms with Gasteiger partial charge in [0.2, 0.25) is 0 Å². The van der Waals surface area contributed by atoms with Crippen LogP contribution in [0.4, 0.5) is 5.69 Å². The third-order valence-electron chi connectivity index (χ3n) is 4.68. The summed E-state index contributed by atoms with van der Waals surface area (Å²) in [4.78, 5) is 2.63. The second-order valence-corrected chi connectivity index (χ2v) is 8.20. The van der Waals surface area contributed by atoms with Crippen molar-refractivity contribution in [3.05, 3.63) is 60.3 Å². The third kappa shape index (κ3) is 2.81. The molecule has 4 rings (SSSR count). The Labute approximate surface area is 147 Å². The van der Waals surface area contributed by atoms with Crippen molar-refractivity contribution in [2.75, 3.05) is 31.1 Å². The number of aromatic nitrogens is 1. The van der Waals surface area contributed by atoms with Crippen molar-refractivity contribution in [3.8, 4) is 0 Å². The quantitative estimate of drug-likeness (QED) is 0.785. The first-order chi connectivity index (χ1) is 12.1. The lowest BCUT2D eigenvalue weighted by atomic mass is 10.2. The fourth-order valence-corrected chi connectivity index (χ4v) is 4.86. The minimum absolute atomic E-state index is 0.317. The number of nitrogens with zero attached hydrogens (tertiary/aromatic N) is 2. The van der Waals surface area contributed by atoms with Gasteiger partial charge in [-0.3, -0.25) is 0 Å². The number of nitrogens with one attached hydrogen (secondary N) is 1. The minimum Gasteiger partial charge on any atom is -0.368 e. The molecule has 130 valence electrons. The lowest BCUT2D eigenvalue weighted by molar-refractivity contribution is 0.588. The topological polar surface area (TPSA) is 54.3 Å². The highest BCUT2D eigenvalue weighted by molar-refractivity contribution is 7.90. The Kier molecular flexibility index (Phi) is 4.01. The summed E-state index contributed by atoms with van der Waals surface area (Å²) in [5.74, 6) is 0. The average Bonchev–Trinajstić information content (AvgIpc) is 3.07. The fraction of sp³-hybridized carbons (Fsp3) is 0.263. The number of piperazine rings is 1. The highest BCUT2D eigenvalue weighted by Crippen LogP contribution is 2.30. The van der Waals surface area contributed by atoms with Crippen molar-refractivity contribution in [2.45, 2.75) is 11.8 Å². The molecular formula is C19H21N3O2S. The van der Waals surface area contributed by atoms with Crippen LogP contribution in [0.15, 0.2) is 59.6 Å². The molecule has 0 radical (unpaired) electrons. The smallest absolute Gasteiger partial charge is 0.268 e. The molecule has 0 bridgehead atoms. The molecule has 0 unspecified atom stereocenters. The molecular weight excluding hydrogens is 334 g/mol. The number of aryl methyl sites for hydroxylation is 1. The number of hydrogen-bond donors (Lipinski definition) is 1. The van der Waals surface area contributed by atoms with Gasteiger partial charge in [-0.2, -0.15) is 0 Å². The van der Waals surface area contributed by atoms with Crippen molar-refractivity contribution in [2.24, 2.45) is 0 Å². The predicted octanol–water partition coefficient (Wildman–Crippen LogP) is 2.60. The van der Waals surface area contributed by atoms with E-state index in [0.717, 1.165) is 48.3 Å². The van der Waals surface area contributed by atoms with Crippen LogP contribution in [0.5, 0.6) is 0 Å². The molecule has 25 heavy (non-hydrogen) atoms. The zero-order chi connectivity index (χ0) is 17.4. The van der Waals surface area contributed by atoms with Gasteiger partial charge in [0.05, 0.1) is 10.4 Å². The van der Waals surface area contributed by atoms with Crippen molar-refractivity contribution in [3.63, 3.8) is 0 Å². The van der Waals surface area contributed by atoms with Crippen molar-refractivity contribution < 1.29 is 8.42 Å². The molecule has 0 amide bonds. The van der Waals surface area contributed by atoms with Gasteiger partial charge in [-0.15, -0.1) is 0 Å². The summed E-state index contributed by atoms with van der Waals surface area (Å²) in [6, 6.07) is 14.8. The Morgan fingerprint density at radius 2 is 1.76 bits per heavy atom. The molecule has 1 N–H and O–H groups in total. The van der Waals surface area contributed by atoms with E-state index in [4.69, 9.17) is 0 Å². The molecule has 1 aromatic heterocycles. The van der Waals surface area contributed by atoms with Gasteiger partial charge in [-0.25, -0.2) is 12.4 Å². The Hall–Kier alpha value is -2.31. The lowest BCUT2D eigenvalue weighted by Crippen LogP contribution is -2.43. The molecule has 0 aliphatic carbocycles. The maximum Gasteiger partial charge on any atom is 0.268 e. The monoisotopic (exact) mass is 355 g/mol. The van der Waals surface area contributed by atoms with Crippen LogP contribution in [0.1, 0.15) is 5.56 Å². The number of benzene rings is 2. The third-order valence-corrected chi connectivity index (χ3v) is 6.36. The van der Waals surface area contributed by atoms with Crippen molar-refractivity contribution >= 4 is 26.6 Å². The Balaban J connectivity index is 1.84. The van der Waals surface area contributed by atoms with Crippen LogP contribution in [0.2, 0.25) is 0 Å². The summed E-state index contributed by atoms with van der Waals surface area (Å²) in [6.07, 6.45) is 1.66. The van der Waals surface area contributed by atoms with E-state index in [1.165, 1.54) is 3.97 Å². The van der Waals surface area contributed by atoms with E-state index in [0.29, 0.717) is 4.90 Å². The number of rotatable bonds is 3. The summed E-state index contributed by atoms with van der Waals surface area (Å²) in [7, 11) is -3.61. The zero-order valence-corrected chi connectivity index (χ0v) is 15.0. The van der Waals surface area contributed by atoms with Gasteiger partial charge < -0.3 is 10.2 Å². The van der Waals surface area contributed by atoms with Crippen LogP contribution in [0, 0.1) is 6.92 Å². The van der Waals surface area contributed by atoms with E-state index in [1.807, 2.05) is 31.2 Å². The van der Waals surface area contributed by atoms with Crippen LogP contribution >= 0.6 is 0 Å². The second kappa shape index (κ2) is 6.20. The first-order valence-electron chi connectivity index (χ1n) is 8.45. The molecule has 5 nitrogen and oxygen atoms in total. The largest absolute Gasteiger partial charge is 0.368 e. The Morgan fingerprint density at radius 1 is 1.00 bits per heavy atom. The molecule has 3 aromatic rings. The van der Waals surface area contributed by atoms with Gasteiger partial charge in [-0.1, -0.05) is 18.2 Å². The van der Waals surface area contributed by atoms with Gasteiger partial charge in [0.1, 0.15) is 0 Å². The second-order valence-electron chi connectivity index (χ2n) is 6.38. The van der Waals surface area contributed by atoms with Crippen LogP contribution in [0.3, 0.4) is 0 Å². The molecule has 1 fully saturated rings. The van der Waals surface area contributed by atoms with E-state index in [1.54, 1.807) is 24.4 Å². The molecule has 2 heterocycles. The molecule has 0 saturated carbocycles. The molecule has 1 aliphatic heterocycles. The van der Waals surface area contributed by atoms with E-state index < -0.39 is 10.0 Å². The first kappa shape index (κ1) is 16.2. The molecule has 0 atom stereocenters. The van der Waals surface area contributed by atoms with Gasteiger partial charge in [-0.05, 0) is 42.8 Å². The van der Waals surface area contributed by atoms with Crippen LogP contribution < -0.4 is 10.2 Å². The van der Waals surface area contributed by atoms with Crippen LogP contribution in [0.25, 0.3) is 10.9 Å². The fourth-order valence-electron chi connectivity index (χ4n) is 3.41. The Morgan fingerprint density at radius 3 is 2.52 bits per heavy atom. The first-order valence-corrected chi connectivity index (χ1v) is 9.89. The van der Waals surface area contributed by atoms with Gasteiger partial charge >= 0.3 is 0 Å². The molecule has 0 spiro atoms. The van der Waals surface area contributed by atoms with Gasteiger partial charge in [0.25, 0.3) is 10.0 Å². The van der Waals surface area contributed by atoms with E-state index in [9.17, 15) is 8.42 Å². The highest BCUT2D eigenvalue weighted by atomic mass is 32.2. The summed E-state index contributed by atoms with van der Waals surface area (Å²) in [5, 5.41) is 4.32. The molecule has 1 aliphatic rings. The normalized spacial score (nSPS) is 15.6. The number of fused-ring (bicyclic) bond motifs is 1. The molecule has 6 heteroatoms. The van der Waals surface area contributed by atoms with E-state index >= 15 is 0 Å². The van der Waals surface area contributed by atoms with Gasteiger partial charge in [0, 0.05) is 43.4 Å². The zero-order valence-electron chi connectivity index (χ0n) is 14.1. The summed E-state index contributed by atoms with van der Waals surface area (Å²) < 4.78 is 27.6. The van der Waals surface area contributed by atoms with Crippen molar-refractivity contribution in [1.82, 2.24) is 9.29 Å². The number of anilines is 1. The lowest BCUT2D eigenvalue weighted by Gasteiger charge is -2.30. The van der Waals surface area contributed by atoms with Gasteiger partial charge in [0.15, 0.2) is 0 Å². The minimum atomic E-state index is -3.61. The maximum atomic E-state index is 13.1. The van der Waals surface area contributed by atoms with Crippen molar-refractivity contribution in [1.29, 1.82) is 0 Å². The highest BCUT2D eigenvalue weighted by Gasteiger charge is 2.21. The molecule has 1 saturated heterocycles. The SMILES string of the molecule is Cc1cccc(S(=O)(=O)n2ccc3c(N4CCNCC4)cccc32)c1. The maximum absolute atomic E-state index is 13.1. The average molecular weight is 355 g/mol.